The lowest BCUT2D eigenvalue weighted by Gasteiger charge is -2.08. The lowest BCUT2D eigenvalue weighted by atomic mass is 10.2. The molecule has 0 spiro atoms. The van der Waals surface area contributed by atoms with Crippen molar-refractivity contribution in [3.8, 4) is 5.75 Å². The summed E-state index contributed by atoms with van der Waals surface area (Å²) in [6, 6.07) is 8.13. The molecule has 0 aromatic heterocycles. The zero-order valence-corrected chi connectivity index (χ0v) is 16.2. The van der Waals surface area contributed by atoms with Gasteiger partial charge < -0.3 is 14.8 Å². The molecule has 2 rings (SSSR count). The van der Waals surface area contributed by atoms with Gasteiger partial charge in [0.15, 0.2) is 6.61 Å². The lowest BCUT2D eigenvalue weighted by molar-refractivity contribution is -0.387. The Morgan fingerprint density at radius 1 is 1.24 bits per heavy atom. The minimum Gasteiger partial charge on any atom is -0.494 e. The summed E-state index contributed by atoms with van der Waals surface area (Å²) in [6.07, 6.45) is 0.425. The van der Waals surface area contributed by atoms with Crippen molar-refractivity contribution in [2.75, 3.05) is 18.5 Å². The first kappa shape index (κ1) is 22.1. The van der Waals surface area contributed by atoms with Crippen LogP contribution >= 0.6 is 11.6 Å². The van der Waals surface area contributed by atoms with E-state index in [1.165, 1.54) is 0 Å². The summed E-state index contributed by atoms with van der Waals surface area (Å²) >= 11 is 5.93. The van der Waals surface area contributed by atoms with Gasteiger partial charge in [-0.1, -0.05) is 11.6 Å². The summed E-state index contributed by atoms with van der Waals surface area (Å²) in [7, 11) is 0. The minimum absolute atomic E-state index is 0.0193. The van der Waals surface area contributed by atoms with E-state index in [4.69, 9.17) is 21.1 Å². The zero-order chi connectivity index (χ0) is 21.4. The largest absolute Gasteiger partial charge is 0.494 e. The lowest BCUT2D eigenvalue weighted by Crippen LogP contribution is -2.21. The van der Waals surface area contributed by atoms with Crippen molar-refractivity contribution in [3.05, 3.63) is 62.9 Å². The number of aryl methyl sites for hydroxylation is 1. The van der Waals surface area contributed by atoms with Gasteiger partial charge in [-0.15, -0.1) is 0 Å². The van der Waals surface area contributed by atoms with Gasteiger partial charge in [-0.3, -0.25) is 19.7 Å². The Labute approximate surface area is 170 Å². The molecule has 0 unspecified atom stereocenters. The number of anilines is 1. The third-order valence-corrected chi connectivity index (χ3v) is 4.14. The molecule has 29 heavy (non-hydrogen) atoms. The van der Waals surface area contributed by atoms with Crippen LogP contribution < -0.4 is 10.1 Å². The van der Waals surface area contributed by atoms with E-state index in [1.54, 1.807) is 18.2 Å². The fraction of sp³-hybridized carbons (Fsp3) is 0.263. The van der Waals surface area contributed by atoms with Crippen molar-refractivity contribution in [2.45, 2.75) is 19.8 Å². The number of ether oxygens (including phenoxy) is 2. The summed E-state index contributed by atoms with van der Waals surface area (Å²) in [5.74, 6) is -1.68. The van der Waals surface area contributed by atoms with Crippen molar-refractivity contribution in [1.29, 1.82) is 0 Å². The molecule has 0 aliphatic rings. The third kappa shape index (κ3) is 7.04. The minimum atomic E-state index is -1.02. The summed E-state index contributed by atoms with van der Waals surface area (Å²) in [6.45, 7) is 1.56. The molecular weight excluding hydrogens is 407 g/mol. The van der Waals surface area contributed by atoms with E-state index in [0.717, 1.165) is 23.8 Å². The number of hydrogen-bond acceptors (Lipinski definition) is 6. The molecule has 8 nitrogen and oxygen atoms in total. The van der Waals surface area contributed by atoms with Crippen LogP contribution in [0.4, 0.5) is 15.8 Å². The van der Waals surface area contributed by atoms with Crippen LogP contribution in [0.2, 0.25) is 5.02 Å². The number of nitrogens with one attached hydrogen (secondary N) is 1. The Bertz CT molecular complexity index is 922. The van der Waals surface area contributed by atoms with Crippen LogP contribution in [0.15, 0.2) is 36.4 Å². The van der Waals surface area contributed by atoms with Gasteiger partial charge in [-0.05, 0) is 49.2 Å². The smallest absolute Gasteiger partial charge is 0.306 e. The Hall–Kier alpha value is -3.20. The van der Waals surface area contributed by atoms with Gasteiger partial charge in [0.25, 0.3) is 5.91 Å². The number of nitro groups is 1. The number of nitro benzene ring substituents is 1. The first-order valence-corrected chi connectivity index (χ1v) is 8.92. The van der Waals surface area contributed by atoms with Crippen molar-refractivity contribution in [3.63, 3.8) is 0 Å². The number of esters is 1. The monoisotopic (exact) mass is 424 g/mol. The van der Waals surface area contributed by atoms with Crippen molar-refractivity contribution in [1.82, 2.24) is 0 Å². The molecule has 0 heterocycles. The predicted molar refractivity (Wildman–Crippen MR) is 104 cm³/mol. The van der Waals surface area contributed by atoms with Crippen molar-refractivity contribution in [2.24, 2.45) is 0 Å². The van der Waals surface area contributed by atoms with Crippen LogP contribution in [0.25, 0.3) is 0 Å². The molecular formula is C19H18ClFN2O6. The number of carbonyl (C=O) groups excluding carboxylic acids is 2. The quantitative estimate of drug-likeness (QED) is 0.282. The standard InChI is InChI=1S/C19H18ClFN2O6/c1-12-9-14(5-6-15(12)20)28-8-2-3-19(25)29-11-18(24)22-13-4-7-16(21)17(10-13)23(26)27/h4-7,9-10H,2-3,8,11H2,1H3,(H,22,24). The molecule has 0 radical (unpaired) electrons. The highest BCUT2D eigenvalue weighted by Gasteiger charge is 2.16. The molecule has 2 aromatic carbocycles. The Kier molecular flexibility index (Phi) is 7.90. The van der Waals surface area contributed by atoms with Gasteiger partial charge in [-0.2, -0.15) is 4.39 Å². The SMILES string of the molecule is Cc1cc(OCCCC(=O)OCC(=O)Nc2ccc(F)c([N+](=O)[O-])c2)ccc1Cl. The number of halogens is 2. The highest BCUT2D eigenvalue weighted by atomic mass is 35.5. The van der Waals surface area contributed by atoms with E-state index in [9.17, 15) is 24.1 Å². The topological polar surface area (TPSA) is 108 Å². The van der Waals surface area contributed by atoms with E-state index in [2.05, 4.69) is 5.32 Å². The second kappa shape index (κ2) is 10.4. The van der Waals surface area contributed by atoms with Gasteiger partial charge >= 0.3 is 11.7 Å². The molecule has 0 saturated carbocycles. The summed E-state index contributed by atoms with van der Waals surface area (Å²) in [5, 5.41) is 13.6. The normalized spacial score (nSPS) is 10.3. The van der Waals surface area contributed by atoms with E-state index in [-0.39, 0.29) is 18.7 Å². The van der Waals surface area contributed by atoms with Crippen molar-refractivity contribution < 1.29 is 28.4 Å². The van der Waals surface area contributed by atoms with Gasteiger partial charge in [0, 0.05) is 23.2 Å². The number of nitrogens with zero attached hydrogens (tertiary/aromatic N) is 1. The second-order valence-corrected chi connectivity index (χ2v) is 6.40. The van der Waals surface area contributed by atoms with E-state index in [0.29, 0.717) is 17.2 Å². The highest BCUT2D eigenvalue weighted by molar-refractivity contribution is 6.31. The van der Waals surface area contributed by atoms with E-state index in [1.807, 2.05) is 6.92 Å². The van der Waals surface area contributed by atoms with Gasteiger partial charge in [0.05, 0.1) is 11.5 Å². The molecule has 2 aromatic rings. The summed E-state index contributed by atoms with van der Waals surface area (Å²) in [4.78, 5) is 33.2. The maximum Gasteiger partial charge on any atom is 0.306 e. The summed E-state index contributed by atoms with van der Waals surface area (Å²) in [5.41, 5.74) is 0.127. The van der Waals surface area contributed by atoms with Crippen LogP contribution in [0.3, 0.4) is 0 Å². The second-order valence-electron chi connectivity index (χ2n) is 6.00. The van der Waals surface area contributed by atoms with Crippen LogP contribution in [-0.4, -0.2) is 30.0 Å². The number of hydrogen-bond donors (Lipinski definition) is 1. The molecule has 0 aliphatic heterocycles. The highest BCUT2D eigenvalue weighted by Crippen LogP contribution is 2.22. The van der Waals surface area contributed by atoms with Crippen LogP contribution in [0, 0.1) is 22.9 Å². The first-order chi connectivity index (χ1) is 13.8. The van der Waals surface area contributed by atoms with Crippen molar-refractivity contribution >= 4 is 34.9 Å². The molecule has 0 saturated heterocycles. The van der Waals surface area contributed by atoms with Crippen LogP contribution in [0.1, 0.15) is 18.4 Å². The maximum absolute atomic E-state index is 13.3. The van der Waals surface area contributed by atoms with Gasteiger partial charge in [0.1, 0.15) is 5.75 Å². The fourth-order valence-electron chi connectivity index (χ4n) is 2.26. The Morgan fingerprint density at radius 2 is 2.00 bits per heavy atom. The van der Waals surface area contributed by atoms with Crippen LogP contribution in [-0.2, 0) is 14.3 Å². The molecule has 0 bridgehead atoms. The predicted octanol–water partition coefficient (Wildman–Crippen LogP) is 4.04. The third-order valence-electron chi connectivity index (χ3n) is 3.71. The molecule has 10 heteroatoms. The molecule has 154 valence electrons. The molecule has 0 atom stereocenters. The fourth-order valence-corrected chi connectivity index (χ4v) is 2.38. The number of rotatable bonds is 9. The van der Waals surface area contributed by atoms with E-state index < -0.39 is 34.9 Å². The average molecular weight is 425 g/mol. The average Bonchev–Trinajstić information content (AvgIpc) is 2.67. The molecule has 0 fully saturated rings. The van der Waals surface area contributed by atoms with E-state index >= 15 is 0 Å². The number of benzene rings is 2. The molecule has 0 aliphatic carbocycles. The van der Waals surface area contributed by atoms with Crippen LogP contribution in [0.5, 0.6) is 5.75 Å². The van der Waals surface area contributed by atoms with Gasteiger partial charge in [0.2, 0.25) is 5.82 Å². The van der Waals surface area contributed by atoms with Gasteiger partial charge in [-0.25, -0.2) is 0 Å². The Balaban J connectivity index is 1.69. The molecule has 1 N–H and O–H groups in total. The summed E-state index contributed by atoms with van der Waals surface area (Å²) < 4.78 is 23.6. The number of amides is 1. The first-order valence-electron chi connectivity index (χ1n) is 8.54. The zero-order valence-electron chi connectivity index (χ0n) is 15.4. The Morgan fingerprint density at radius 3 is 2.69 bits per heavy atom. The number of carbonyl (C=O) groups is 2. The molecule has 1 amide bonds. The maximum atomic E-state index is 13.3.